The van der Waals surface area contributed by atoms with Crippen molar-refractivity contribution in [2.24, 2.45) is 7.05 Å². The summed E-state index contributed by atoms with van der Waals surface area (Å²) in [7, 11) is 2.01. The first-order valence-electron chi connectivity index (χ1n) is 10.8. The Kier molecular flexibility index (Phi) is 5.74. The number of benzene rings is 2. The molecule has 0 aliphatic rings. The van der Waals surface area contributed by atoms with E-state index in [4.69, 9.17) is 15.2 Å². The number of hydrogen-bond acceptors (Lipinski definition) is 6. The lowest BCUT2D eigenvalue weighted by atomic mass is 10.0. The number of aromatic nitrogens is 4. The monoisotopic (exact) mass is 462 g/mol. The van der Waals surface area contributed by atoms with Crippen LogP contribution < -0.4 is 5.32 Å². The number of nitrogens with one attached hydrogen (secondary N) is 1. The summed E-state index contributed by atoms with van der Waals surface area (Å²) in [5.41, 5.74) is 8.03. The molecule has 0 saturated heterocycles. The normalized spacial score (nSPS) is 10.9. The molecule has 166 valence electrons. The highest BCUT2D eigenvalue weighted by molar-refractivity contribution is 7.99. The van der Waals surface area contributed by atoms with Crippen molar-refractivity contribution in [1.29, 1.82) is 5.26 Å². The highest BCUT2D eigenvalue weighted by atomic mass is 32.2. The maximum Gasteiger partial charge on any atom is 0.228 e. The lowest BCUT2D eigenvalue weighted by molar-refractivity contribution is 0.937. The van der Waals surface area contributed by atoms with E-state index in [-0.39, 0.29) is 0 Å². The second-order valence-corrected chi connectivity index (χ2v) is 9.10. The third-order valence-electron chi connectivity index (χ3n) is 5.63. The van der Waals surface area contributed by atoms with Crippen LogP contribution in [0.1, 0.15) is 16.7 Å². The van der Waals surface area contributed by atoms with Crippen LogP contribution in [0.3, 0.4) is 0 Å². The topological polar surface area (TPSA) is 79.4 Å². The largest absolute Gasteiger partial charge is 0.347 e. The number of anilines is 2. The van der Waals surface area contributed by atoms with Gasteiger partial charge in [-0.2, -0.15) is 5.26 Å². The molecule has 1 N–H and O–H groups in total. The van der Waals surface area contributed by atoms with Gasteiger partial charge in [0, 0.05) is 36.2 Å². The molecule has 0 saturated carbocycles. The molecule has 0 atom stereocenters. The molecule has 34 heavy (non-hydrogen) atoms. The van der Waals surface area contributed by atoms with E-state index in [2.05, 4.69) is 46.9 Å². The van der Waals surface area contributed by atoms with E-state index >= 15 is 0 Å². The van der Waals surface area contributed by atoms with Gasteiger partial charge in [-0.05, 0) is 78.6 Å². The summed E-state index contributed by atoms with van der Waals surface area (Å²) in [6, 6.07) is 19.9. The number of nitrogens with zero attached hydrogens (tertiary/aromatic N) is 5. The van der Waals surface area contributed by atoms with Crippen molar-refractivity contribution in [3.8, 4) is 17.2 Å². The van der Waals surface area contributed by atoms with Crippen molar-refractivity contribution in [2.45, 2.75) is 23.8 Å². The van der Waals surface area contributed by atoms with Crippen LogP contribution in [0, 0.1) is 25.2 Å². The Bertz CT molecular complexity index is 1510. The first kappa shape index (κ1) is 21.7. The number of fused-ring (bicyclic) bond motifs is 1. The molecular weight excluding hydrogens is 440 g/mol. The number of hydrogen-bond donors (Lipinski definition) is 1. The SMILES string of the molecule is Cc1cc(-c2ccncc2)cc(C)c1Sc1nc(Nc2ccc(C#N)cc2)nc2ccn(C)c12. The van der Waals surface area contributed by atoms with E-state index in [1.54, 1.807) is 23.9 Å². The zero-order valence-electron chi connectivity index (χ0n) is 19.1. The standard InChI is InChI=1S/C27H22N6S/c1-17-14-21(20-8-11-29-12-9-20)15-18(2)25(17)34-26-24-23(10-13-33(24)3)31-27(32-26)30-22-6-4-19(16-28)5-7-22/h4-15H,1-3H3,(H,30,31,32). The van der Waals surface area contributed by atoms with Crippen molar-refractivity contribution in [3.05, 3.63) is 89.9 Å². The quantitative estimate of drug-likeness (QED) is 0.304. The predicted molar refractivity (Wildman–Crippen MR) is 136 cm³/mol. The average Bonchev–Trinajstić information content (AvgIpc) is 3.23. The average molecular weight is 463 g/mol. The molecule has 5 rings (SSSR count). The molecule has 0 amide bonds. The van der Waals surface area contributed by atoms with Crippen molar-refractivity contribution in [1.82, 2.24) is 19.5 Å². The van der Waals surface area contributed by atoms with Crippen LogP contribution in [0.5, 0.6) is 0 Å². The summed E-state index contributed by atoms with van der Waals surface area (Å²) in [6.45, 7) is 4.28. The van der Waals surface area contributed by atoms with Crippen LogP contribution in [-0.4, -0.2) is 19.5 Å². The molecular formula is C27H22N6S. The van der Waals surface area contributed by atoms with Gasteiger partial charge in [-0.25, -0.2) is 9.97 Å². The van der Waals surface area contributed by atoms with Crippen molar-refractivity contribution in [3.63, 3.8) is 0 Å². The van der Waals surface area contributed by atoms with Crippen molar-refractivity contribution in [2.75, 3.05) is 5.32 Å². The van der Waals surface area contributed by atoms with Crippen LogP contribution in [-0.2, 0) is 7.05 Å². The molecule has 0 fully saturated rings. The van der Waals surface area contributed by atoms with Gasteiger partial charge in [0.1, 0.15) is 5.03 Å². The third kappa shape index (κ3) is 4.24. The van der Waals surface area contributed by atoms with E-state index in [9.17, 15) is 0 Å². The minimum absolute atomic E-state index is 0.523. The predicted octanol–water partition coefficient (Wildman–Crippen LogP) is 6.41. The van der Waals surface area contributed by atoms with Crippen molar-refractivity contribution < 1.29 is 0 Å². The fourth-order valence-corrected chi connectivity index (χ4v) is 5.07. The van der Waals surface area contributed by atoms with Crippen LogP contribution in [0.25, 0.3) is 22.2 Å². The van der Waals surface area contributed by atoms with Crippen molar-refractivity contribution >= 4 is 34.4 Å². The molecule has 0 aliphatic heterocycles. The Labute approximate surface area is 202 Å². The second kappa shape index (κ2) is 9.00. The molecule has 6 nitrogen and oxygen atoms in total. The summed E-state index contributed by atoms with van der Waals surface area (Å²) in [5, 5.41) is 13.2. The minimum Gasteiger partial charge on any atom is -0.347 e. The van der Waals surface area contributed by atoms with Gasteiger partial charge in [-0.3, -0.25) is 4.98 Å². The Morgan fingerprint density at radius 3 is 2.29 bits per heavy atom. The molecule has 0 unspecified atom stereocenters. The van der Waals surface area contributed by atoms with E-state index in [0.717, 1.165) is 27.3 Å². The van der Waals surface area contributed by atoms with Gasteiger partial charge >= 0.3 is 0 Å². The lowest BCUT2D eigenvalue weighted by Crippen LogP contribution is -2.01. The third-order valence-corrected chi connectivity index (χ3v) is 6.96. The first-order chi connectivity index (χ1) is 16.5. The number of nitriles is 1. The molecule has 2 aromatic carbocycles. The van der Waals surface area contributed by atoms with Gasteiger partial charge < -0.3 is 9.88 Å². The molecule has 0 spiro atoms. The summed E-state index contributed by atoms with van der Waals surface area (Å²) in [4.78, 5) is 14.9. The van der Waals surface area contributed by atoms with Gasteiger partial charge in [0.2, 0.25) is 5.95 Å². The van der Waals surface area contributed by atoms with Gasteiger partial charge in [-0.1, -0.05) is 23.9 Å². The van der Waals surface area contributed by atoms with E-state index in [1.165, 1.54) is 21.6 Å². The molecule has 0 radical (unpaired) electrons. The van der Waals surface area contributed by atoms with Gasteiger partial charge in [0.15, 0.2) is 0 Å². The second-order valence-electron chi connectivity index (χ2n) is 8.10. The van der Waals surface area contributed by atoms with Gasteiger partial charge in [0.05, 0.1) is 22.7 Å². The molecule has 0 bridgehead atoms. The Morgan fingerprint density at radius 1 is 0.912 bits per heavy atom. The summed E-state index contributed by atoms with van der Waals surface area (Å²) < 4.78 is 2.05. The van der Waals surface area contributed by atoms with Crippen LogP contribution in [0.2, 0.25) is 0 Å². The zero-order valence-corrected chi connectivity index (χ0v) is 19.9. The van der Waals surface area contributed by atoms with Crippen LogP contribution in [0.15, 0.2) is 83.1 Å². The minimum atomic E-state index is 0.523. The lowest BCUT2D eigenvalue weighted by Gasteiger charge is -2.14. The van der Waals surface area contributed by atoms with Gasteiger partial charge in [-0.15, -0.1) is 0 Å². The summed E-state index contributed by atoms with van der Waals surface area (Å²) >= 11 is 1.66. The van der Waals surface area contributed by atoms with E-state index in [0.29, 0.717) is 11.5 Å². The number of aryl methyl sites for hydroxylation is 3. The highest BCUT2D eigenvalue weighted by Crippen LogP contribution is 2.38. The molecule has 0 aliphatic carbocycles. The fraction of sp³-hybridized carbons (Fsp3) is 0.111. The summed E-state index contributed by atoms with van der Waals surface area (Å²) in [5.74, 6) is 0.523. The maximum atomic E-state index is 9.04. The molecule has 5 aromatic rings. The van der Waals surface area contributed by atoms with Gasteiger partial charge in [0.25, 0.3) is 0 Å². The number of rotatable bonds is 5. The zero-order chi connectivity index (χ0) is 23.7. The Balaban J connectivity index is 1.53. The smallest absolute Gasteiger partial charge is 0.228 e. The Hall–Kier alpha value is -4.15. The summed E-state index contributed by atoms with van der Waals surface area (Å²) in [6.07, 6.45) is 5.64. The first-order valence-corrected chi connectivity index (χ1v) is 11.6. The molecule has 3 aromatic heterocycles. The van der Waals surface area contributed by atoms with E-state index < -0.39 is 0 Å². The highest BCUT2D eigenvalue weighted by Gasteiger charge is 2.16. The molecule has 3 heterocycles. The van der Waals surface area contributed by atoms with Crippen LogP contribution >= 0.6 is 11.8 Å². The van der Waals surface area contributed by atoms with E-state index in [1.807, 2.05) is 56.0 Å². The number of pyridine rings is 1. The fourth-order valence-electron chi connectivity index (χ4n) is 3.96. The van der Waals surface area contributed by atoms with Crippen LogP contribution in [0.4, 0.5) is 11.6 Å². The Morgan fingerprint density at radius 2 is 1.62 bits per heavy atom. The molecule has 7 heteroatoms. The maximum absolute atomic E-state index is 9.04.